The summed E-state index contributed by atoms with van der Waals surface area (Å²) in [5, 5.41) is 10.1. The Hall–Kier alpha value is -0.860. The van der Waals surface area contributed by atoms with E-state index in [-0.39, 0.29) is 11.1 Å². The van der Waals surface area contributed by atoms with Gasteiger partial charge in [0.1, 0.15) is 0 Å². The van der Waals surface area contributed by atoms with Crippen molar-refractivity contribution >= 4 is 0 Å². The van der Waals surface area contributed by atoms with E-state index in [0.717, 1.165) is 0 Å². The number of nitrogens with zero attached hydrogens (tertiary/aromatic N) is 1. The third kappa shape index (κ3) is 4.06. The quantitative estimate of drug-likeness (QED) is 0.439. The fourth-order valence-electron chi connectivity index (χ4n) is 0.677. The minimum atomic E-state index is -0.425. The van der Waals surface area contributed by atoms with Crippen LogP contribution in [0, 0.1) is 15.5 Å². The Kier molecular flexibility index (Phi) is 2.57. The molecule has 0 atom stereocenters. The zero-order valence-corrected chi connectivity index (χ0v) is 6.68. The first-order chi connectivity index (χ1) is 4.33. The molecule has 0 aromatic carbocycles. The standard InChI is InChI=1S/C7H13NO2/c1-6(8(9)10)5-7(2,3)4/h1,5H2,2-4H3. The highest BCUT2D eigenvalue weighted by Crippen LogP contribution is 2.22. The molecule has 0 spiro atoms. The molecular weight excluding hydrogens is 130 g/mol. The fraction of sp³-hybridized carbons (Fsp3) is 0.714. The Morgan fingerprint density at radius 1 is 1.60 bits per heavy atom. The molecule has 0 bridgehead atoms. The number of hydrogen-bond donors (Lipinski definition) is 0. The van der Waals surface area contributed by atoms with Gasteiger partial charge >= 0.3 is 0 Å². The molecule has 0 radical (unpaired) electrons. The summed E-state index contributed by atoms with van der Waals surface area (Å²) in [5.74, 6) is 0. The van der Waals surface area contributed by atoms with Gasteiger partial charge in [-0.05, 0) is 12.0 Å². The van der Waals surface area contributed by atoms with Crippen molar-refractivity contribution in [2.24, 2.45) is 5.41 Å². The van der Waals surface area contributed by atoms with Gasteiger partial charge in [0.15, 0.2) is 0 Å². The molecule has 0 saturated heterocycles. The van der Waals surface area contributed by atoms with Gasteiger partial charge in [0.25, 0.3) is 0 Å². The molecule has 0 saturated carbocycles. The van der Waals surface area contributed by atoms with Crippen molar-refractivity contribution in [3.63, 3.8) is 0 Å². The number of hydrogen-bond acceptors (Lipinski definition) is 2. The zero-order valence-electron chi connectivity index (χ0n) is 6.68. The van der Waals surface area contributed by atoms with Crippen LogP contribution in [0.5, 0.6) is 0 Å². The molecule has 3 nitrogen and oxygen atoms in total. The first-order valence-electron chi connectivity index (χ1n) is 3.15. The molecule has 0 aliphatic heterocycles. The van der Waals surface area contributed by atoms with Gasteiger partial charge in [0.05, 0.1) is 4.92 Å². The van der Waals surface area contributed by atoms with E-state index in [2.05, 4.69) is 6.58 Å². The van der Waals surface area contributed by atoms with E-state index in [1.165, 1.54) is 0 Å². The average Bonchev–Trinajstić information content (AvgIpc) is 1.60. The van der Waals surface area contributed by atoms with Gasteiger partial charge in [-0.15, -0.1) is 0 Å². The van der Waals surface area contributed by atoms with Gasteiger partial charge in [0, 0.05) is 6.42 Å². The predicted molar refractivity (Wildman–Crippen MR) is 40.2 cm³/mol. The molecule has 0 aromatic rings. The second-order valence-electron chi connectivity index (χ2n) is 3.56. The maximum absolute atomic E-state index is 10.1. The maximum Gasteiger partial charge on any atom is 0.239 e. The molecular formula is C7H13NO2. The lowest BCUT2D eigenvalue weighted by molar-refractivity contribution is -0.429. The molecule has 10 heavy (non-hydrogen) atoms. The smallest absolute Gasteiger partial charge is 0.239 e. The van der Waals surface area contributed by atoms with E-state index >= 15 is 0 Å². The van der Waals surface area contributed by atoms with Crippen LogP contribution in [0.3, 0.4) is 0 Å². The van der Waals surface area contributed by atoms with Crippen molar-refractivity contribution in [1.29, 1.82) is 0 Å². The molecule has 0 aromatic heterocycles. The molecule has 58 valence electrons. The van der Waals surface area contributed by atoms with E-state index in [4.69, 9.17) is 0 Å². The summed E-state index contributed by atoms with van der Waals surface area (Å²) < 4.78 is 0. The monoisotopic (exact) mass is 143 g/mol. The molecule has 0 unspecified atom stereocenters. The van der Waals surface area contributed by atoms with Gasteiger partial charge in [0.2, 0.25) is 5.70 Å². The van der Waals surface area contributed by atoms with Crippen LogP contribution in [-0.2, 0) is 0 Å². The van der Waals surface area contributed by atoms with E-state index in [1.807, 2.05) is 20.8 Å². The topological polar surface area (TPSA) is 43.1 Å². The fourth-order valence-corrected chi connectivity index (χ4v) is 0.677. The summed E-state index contributed by atoms with van der Waals surface area (Å²) in [6.07, 6.45) is 0.444. The Bertz CT molecular complexity index is 155. The molecule has 0 aliphatic carbocycles. The third-order valence-electron chi connectivity index (χ3n) is 0.993. The highest BCUT2D eigenvalue weighted by atomic mass is 16.6. The summed E-state index contributed by atoms with van der Waals surface area (Å²) in [5.41, 5.74) is 0.0527. The largest absolute Gasteiger partial charge is 0.259 e. The van der Waals surface area contributed by atoms with Crippen LogP contribution in [0.2, 0.25) is 0 Å². The van der Waals surface area contributed by atoms with Crippen molar-refractivity contribution in [2.45, 2.75) is 27.2 Å². The molecule has 0 heterocycles. The first kappa shape index (κ1) is 9.14. The lowest BCUT2D eigenvalue weighted by atomic mass is 9.91. The highest BCUT2D eigenvalue weighted by Gasteiger charge is 2.18. The summed E-state index contributed by atoms with van der Waals surface area (Å²) >= 11 is 0. The van der Waals surface area contributed by atoms with E-state index < -0.39 is 4.92 Å². The van der Waals surface area contributed by atoms with Crippen molar-refractivity contribution in [3.05, 3.63) is 22.4 Å². The van der Waals surface area contributed by atoms with Crippen LogP contribution in [-0.4, -0.2) is 4.92 Å². The Labute approximate surface area is 60.9 Å². The number of nitro groups is 1. The van der Waals surface area contributed by atoms with Crippen molar-refractivity contribution < 1.29 is 4.92 Å². The maximum atomic E-state index is 10.1. The van der Waals surface area contributed by atoms with E-state index in [1.54, 1.807) is 0 Å². The van der Waals surface area contributed by atoms with E-state index in [9.17, 15) is 10.1 Å². The normalized spacial score (nSPS) is 11.1. The van der Waals surface area contributed by atoms with Crippen molar-refractivity contribution in [2.75, 3.05) is 0 Å². The molecule has 0 aliphatic rings. The minimum absolute atomic E-state index is 0.0375. The van der Waals surface area contributed by atoms with E-state index in [0.29, 0.717) is 6.42 Å². The second kappa shape index (κ2) is 2.82. The van der Waals surface area contributed by atoms with Crippen LogP contribution in [0.15, 0.2) is 12.3 Å². The summed E-state index contributed by atoms with van der Waals surface area (Å²) in [6, 6.07) is 0. The number of rotatable bonds is 2. The van der Waals surface area contributed by atoms with Gasteiger partial charge in [-0.25, -0.2) is 0 Å². The summed E-state index contributed by atoms with van der Waals surface area (Å²) in [4.78, 5) is 9.66. The molecule has 0 N–H and O–H groups in total. The van der Waals surface area contributed by atoms with Crippen LogP contribution < -0.4 is 0 Å². The lowest BCUT2D eigenvalue weighted by Crippen LogP contribution is -2.10. The Morgan fingerprint density at radius 3 is 2.10 bits per heavy atom. The van der Waals surface area contributed by atoms with Gasteiger partial charge < -0.3 is 0 Å². The lowest BCUT2D eigenvalue weighted by Gasteiger charge is -2.14. The first-order valence-corrected chi connectivity index (χ1v) is 3.15. The average molecular weight is 143 g/mol. The van der Waals surface area contributed by atoms with Gasteiger partial charge in [-0.1, -0.05) is 20.8 Å². The molecule has 0 amide bonds. The van der Waals surface area contributed by atoms with Gasteiger partial charge in [-0.2, -0.15) is 0 Å². The Balaban J connectivity index is 3.93. The van der Waals surface area contributed by atoms with Crippen molar-refractivity contribution in [1.82, 2.24) is 0 Å². The van der Waals surface area contributed by atoms with Crippen LogP contribution in [0.1, 0.15) is 27.2 Å². The Morgan fingerprint density at radius 2 is 2.00 bits per heavy atom. The summed E-state index contributed by atoms with van der Waals surface area (Å²) in [6.45, 7) is 9.18. The number of allylic oxidation sites excluding steroid dienone is 1. The van der Waals surface area contributed by atoms with Crippen LogP contribution >= 0.6 is 0 Å². The predicted octanol–water partition coefficient (Wildman–Crippen LogP) is 2.21. The van der Waals surface area contributed by atoms with Crippen molar-refractivity contribution in [3.8, 4) is 0 Å². The summed E-state index contributed by atoms with van der Waals surface area (Å²) in [7, 11) is 0. The van der Waals surface area contributed by atoms with Crippen LogP contribution in [0.4, 0.5) is 0 Å². The molecule has 0 fully saturated rings. The third-order valence-corrected chi connectivity index (χ3v) is 0.993. The second-order valence-corrected chi connectivity index (χ2v) is 3.56. The minimum Gasteiger partial charge on any atom is -0.259 e. The zero-order chi connectivity index (χ0) is 8.36. The van der Waals surface area contributed by atoms with Gasteiger partial charge in [-0.3, -0.25) is 10.1 Å². The SMILES string of the molecule is C=C(CC(C)(C)C)[N+](=O)[O-]. The molecule has 3 heteroatoms. The van der Waals surface area contributed by atoms with Crippen LogP contribution in [0.25, 0.3) is 0 Å². The highest BCUT2D eigenvalue weighted by molar-refractivity contribution is 4.85. The molecule has 0 rings (SSSR count).